The molecule has 0 bridgehead atoms. The molecule has 0 amide bonds. The summed E-state index contributed by atoms with van der Waals surface area (Å²) in [5.74, 6) is 0.662. The van der Waals surface area contributed by atoms with Crippen molar-refractivity contribution in [2.24, 2.45) is 0 Å². The Morgan fingerprint density at radius 3 is 2.72 bits per heavy atom. The molecule has 6 nitrogen and oxygen atoms in total. The zero-order valence-electron chi connectivity index (χ0n) is 17.7. The third-order valence-electron chi connectivity index (χ3n) is 5.39. The third-order valence-corrected chi connectivity index (χ3v) is 5.39. The predicted octanol–water partition coefficient (Wildman–Crippen LogP) is 5.24. The number of fused-ring (bicyclic) bond motifs is 1. The summed E-state index contributed by atoms with van der Waals surface area (Å²) in [6, 6.07) is 10.2. The van der Waals surface area contributed by atoms with Crippen molar-refractivity contribution < 1.29 is 17.9 Å². The van der Waals surface area contributed by atoms with Gasteiger partial charge in [0, 0.05) is 31.0 Å². The lowest BCUT2D eigenvalue weighted by atomic mass is 9.90. The van der Waals surface area contributed by atoms with Crippen molar-refractivity contribution in [1.29, 1.82) is 0 Å². The smallest absolute Gasteiger partial charge is 0.383 e. The fourth-order valence-corrected chi connectivity index (χ4v) is 3.84. The first-order chi connectivity index (χ1) is 15.5. The first kappa shape index (κ1) is 22.0. The van der Waals surface area contributed by atoms with Gasteiger partial charge in [0.05, 0.1) is 12.3 Å². The number of rotatable bonds is 7. The van der Waals surface area contributed by atoms with Crippen molar-refractivity contribution in [1.82, 2.24) is 15.0 Å². The SMILES string of the molecule is COCCNc1nc(C(F)(F)F)ccc1-c1cc(Nc2cccc3c2CCCC3)ncn1. The van der Waals surface area contributed by atoms with Crippen LogP contribution in [0.4, 0.5) is 30.5 Å². The number of ether oxygens (including phenoxy) is 1. The number of aromatic nitrogens is 3. The fourth-order valence-electron chi connectivity index (χ4n) is 3.84. The van der Waals surface area contributed by atoms with E-state index in [0.29, 0.717) is 30.2 Å². The Morgan fingerprint density at radius 2 is 1.91 bits per heavy atom. The van der Waals surface area contributed by atoms with Gasteiger partial charge in [-0.15, -0.1) is 0 Å². The van der Waals surface area contributed by atoms with Crippen molar-refractivity contribution in [3.8, 4) is 11.3 Å². The molecular formula is C23H24F3N5O. The molecule has 1 aliphatic rings. The quantitative estimate of drug-likeness (QED) is 0.487. The van der Waals surface area contributed by atoms with E-state index in [4.69, 9.17) is 4.74 Å². The van der Waals surface area contributed by atoms with Crippen molar-refractivity contribution in [3.05, 3.63) is 59.5 Å². The molecule has 0 spiro atoms. The molecule has 0 fully saturated rings. The van der Waals surface area contributed by atoms with Gasteiger partial charge < -0.3 is 15.4 Å². The highest BCUT2D eigenvalue weighted by atomic mass is 19.4. The van der Waals surface area contributed by atoms with Gasteiger partial charge in [0.15, 0.2) is 0 Å². The number of halogens is 3. The number of benzene rings is 1. The van der Waals surface area contributed by atoms with Gasteiger partial charge in [0.2, 0.25) is 0 Å². The number of anilines is 3. The average molecular weight is 443 g/mol. The lowest BCUT2D eigenvalue weighted by Crippen LogP contribution is -2.14. The van der Waals surface area contributed by atoms with Gasteiger partial charge in [-0.2, -0.15) is 13.2 Å². The Hall–Kier alpha value is -3.20. The number of nitrogens with one attached hydrogen (secondary N) is 2. The second-order valence-corrected chi connectivity index (χ2v) is 7.57. The number of aryl methyl sites for hydroxylation is 1. The lowest BCUT2D eigenvalue weighted by molar-refractivity contribution is -0.141. The minimum atomic E-state index is -4.54. The van der Waals surface area contributed by atoms with Crippen LogP contribution in [0.5, 0.6) is 0 Å². The van der Waals surface area contributed by atoms with Crippen LogP contribution < -0.4 is 10.6 Å². The van der Waals surface area contributed by atoms with Crippen LogP contribution in [0, 0.1) is 0 Å². The Balaban J connectivity index is 1.65. The van der Waals surface area contributed by atoms with E-state index in [2.05, 4.69) is 31.7 Å². The summed E-state index contributed by atoms with van der Waals surface area (Å²) >= 11 is 0. The van der Waals surface area contributed by atoms with E-state index in [-0.39, 0.29) is 5.82 Å². The number of hydrogen-bond donors (Lipinski definition) is 2. The van der Waals surface area contributed by atoms with Crippen LogP contribution in [-0.2, 0) is 23.8 Å². The van der Waals surface area contributed by atoms with Crippen LogP contribution in [-0.4, -0.2) is 35.2 Å². The molecule has 0 aliphatic heterocycles. The average Bonchev–Trinajstić information content (AvgIpc) is 2.79. The highest BCUT2D eigenvalue weighted by Crippen LogP contribution is 2.34. The van der Waals surface area contributed by atoms with Gasteiger partial charge in [0.1, 0.15) is 23.7 Å². The molecule has 4 rings (SSSR count). The minimum Gasteiger partial charge on any atom is -0.383 e. The number of methoxy groups -OCH3 is 1. The van der Waals surface area contributed by atoms with Gasteiger partial charge >= 0.3 is 6.18 Å². The molecule has 2 N–H and O–H groups in total. The molecule has 9 heteroatoms. The Kier molecular flexibility index (Phi) is 6.55. The predicted molar refractivity (Wildman–Crippen MR) is 117 cm³/mol. The van der Waals surface area contributed by atoms with Crippen molar-refractivity contribution in [2.75, 3.05) is 30.9 Å². The fraction of sp³-hybridized carbons (Fsp3) is 0.348. The molecule has 2 heterocycles. The largest absolute Gasteiger partial charge is 0.433 e. The molecule has 0 saturated carbocycles. The monoisotopic (exact) mass is 443 g/mol. The molecule has 0 atom stereocenters. The maximum Gasteiger partial charge on any atom is 0.433 e. The summed E-state index contributed by atoms with van der Waals surface area (Å²) in [5, 5.41) is 6.28. The van der Waals surface area contributed by atoms with E-state index in [1.807, 2.05) is 12.1 Å². The van der Waals surface area contributed by atoms with E-state index in [1.165, 1.54) is 37.1 Å². The van der Waals surface area contributed by atoms with Crippen LogP contribution in [0.3, 0.4) is 0 Å². The maximum absolute atomic E-state index is 13.2. The number of pyridine rings is 1. The Morgan fingerprint density at radius 1 is 1.06 bits per heavy atom. The van der Waals surface area contributed by atoms with Gasteiger partial charge in [-0.25, -0.2) is 15.0 Å². The minimum absolute atomic E-state index is 0.0959. The molecule has 1 aliphatic carbocycles. The molecule has 0 radical (unpaired) electrons. The molecule has 0 unspecified atom stereocenters. The standard InChI is InChI=1S/C23H24F3N5O/c1-32-12-11-27-22-17(9-10-20(31-22)23(24,25)26)19-13-21(29-14-28-19)30-18-8-4-6-15-5-2-3-7-16(15)18/h4,6,8-10,13-14H,2-3,5,7,11-12H2,1H3,(H,27,31)(H,28,29,30). The second kappa shape index (κ2) is 9.52. The highest BCUT2D eigenvalue weighted by Gasteiger charge is 2.33. The zero-order valence-corrected chi connectivity index (χ0v) is 17.7. The molecule has 32 heavy (non-hydrogen) atoms. The van der Waals surface area contributed by atoms with Crippen LogP contribution in [0.15, 0.2) is 42.7 Å². The lowest BCUT2D eigenvalue weighted by Gasteiger charge is -2.20. The number of nitrogens with zero attached hydrogens (tertiary/aromatic N) is 3. The van der Waals surface area contributed by atoms with Crippen molar-refractivity contribution >= 4 is 17.3 Å². The van der Waals surface area contributed by atoms with Gasteiger partial charge in [-0.05, 0) is 55.0 Å². The maximum atomic E-state index is 13.2. The van der Waals surface area contributed by atoms with E-state index in [9.17, 15) is 13.2 Å². The first-order valence-electron chi connectivity index (χ1n) is 10.5. The van der Waals surface area contributed by atoms with E-state index < -0.39 is 11.9 Å². The summed E-state index contributed by atoms with van der Waals surface area (Å²) in [6.45, 7) is 0.636. The summed E-state index contributed by atoms with van der Waals surface area (Å²) in [6.07, 6.45) is 1.26. The summed E-state index contributed by atoms with van der Waals surface area (Å²) in [5.41, 5.74) is 3.58. The van der Waals surface area contributed by atoms with Crippen LogP contribution >= 0.6 is 0 Å². The molecule has 168 valence electrons. The van der Waals surface area contributed by atoms with Crippen LogP contribution in [0.25, 0.3) is 11.3 Å². The van der Waals surface area contributed by atoms with Crippen LogP contribution in [0.2, 0.25) is 0 Å². The normalized spacial score (nSPS) is 13.5. The van der Waals surface area contributed by atoms with Crippen LogP contribution in [0.1, 0.15) is 29.7 Å². The molecular weight excluding hydrogens is 419 g/mol. The Labute approximate surface area is 184 Å². The highest BCUT2D eigenvalue weighted by molar-refractivity contribution is 5.75. The topological polar surface area (TPSA) is 72.0 Å². The summed E-state index contributed by atoms with van der Waals surface area (Å²) in [4.78, 5) is 12.4. The number of hydrogen-bond acceptors (Lipinski definition) is 6. The zero-order chi connectivity index (χ0) is 22.6. The Bertz CT molecular complexity index is 1090. The molecule has 0 saturated heterocycles. The first-order valence-corrected chi connectivity index (χ1v) is 10.5. The van der Waals surface area contributed by atoms with E-state index in [0.717, 1.165) is 31.0 Å². The number of alkyl halides is 3. The van der Waals surface area contributed by atoms with Crippen molar-refractivity contribution in [2.45, 2.75) is 31.9 Å². The van der Waals surface area contributed by atoms with Gasteiger partial charge in [-0.1, -0.05) is 12.1 Å². The van der Waals surface area contributed by atoms with E-state index >= 15 is 0 Å². The van der Waals surface area contributed by atoms with Gasteiger partial charge in [-0.3, -0.25) is 0 Å². The summed E-state index contributed by atoms with van der Waals surface area (Å²) < 4.78 is 44.5. The molecule has 2 aromatic heterocycles. The summed E-state index contributed by atoms with van der Waals surface area (Å²) in [7, 11) is 1.52. The van der Waals surface area contributed by atoms with Crippen molar-refractivity contribution in [3.63, 3.8) is 0 Å². The second-order valence-electron chi connectivity index (χ2n) is 7.57. The molecule has 1 aromatic carbocycles. The van der Waals surface area contributed by atoms with Gasteiger partial charge in [0.25, 0.3) is 0 Å². The third kappa shape index (κ3) is 4.99. The van der Waals surface area contributed by atoms with E-state index in [1.54, 1.807) is 6.07 Å². The molecule has 3 aromatic rings.